The number of nitrogen functional groups attached to an aromatic ring is 1. The number of ketones is 1. The van der Waals surface area contributed by atoms with Gasteiger partial charge >= 0.3 is 5.97 Å². The molecule has 4 aromatic rings. The topological polar surface area (TPSA) is 112 Å². The van der Waals surface area contributed by atoms with E-state index in [9.17, 15) is 9.59 Å². The number of hydrogen-bond donors (Lipinski definition) is 1. The van der Waals surface area contributed by atoms with Gasteiger partial charge in [-0.15, -0.1) is 0 Å². The van der Waals surface area contributed by atoms with Crippen LogP contribution in [0.15, 0.2) is 54.7 Å². The van der Waals surface area contributed by atoms with Crippen molar-refractivity contribution in [3.05, 3.63) is 66.0 Å². The highest BCUT2D eigenvalue weighted by Gasteiger charge is 2.30. The SMILES string of the molecule is [2H]c1c([2H])c([2H])c(-c2ccc(-c3cnn4c(N)c(C(C)=O)c(C5CCC([2H])(C([2H])C(=O)OCC)CC5)nc34)cn2)c([2H])c1[2H]. The molecule has 3 aromatic heterocycles. The first-order valence-corrected chi connectivity index (χ1v) is 12.1. The molecule has 1 saturated carbocycles. The number of esters is 1. The monoisotopic (exact) mass is 504 g/mol. The molecule has 1 fully saturated rings. The van der Waals surface area contributed by atoms with Crippen LogP contribution in [0.3, 0.4) is 0 Å². The summed E-state index contributed by atoms with van der Waals surface area (Å²) in [6.07, 6.45) is 3.00. The van der Waals surface area contributed by atoms with E-state index in [-0.39, 0.29) is 65.9 Å². The van der Waals surface area contributed by atoms with Crippen LogP contribution in [0, 0.1) is 5.89 Å². The maximum Gasteiger partial charge on any atom is 0.306 e. The first-order valence-electron chi connectivity index (χ1n) is 15.7. The number of anilines is 1. The minimum Gasteiger partial charge on any atom is -0.466 e. The second-order valence-electron chi connectivity index (χ2n) is 8.87. The van der Waals surface area contributed by atoms with Crippen molar-refractivity contribution in [2.24, 2.45) is 5.89 Å². The molecule has 5 rings (SSSR count). The lowest BCUT2D eigenvalue weighted by Crippen LogP contribution is -2.21. The quantitative estimate of drug-likeness (QED) is 0.262. The Kier molecular flexibility index (Phi) is 4.94. The van der Waals surface area contributed by atoms with Gasteiger partial charge in [0.25, 0.3) is 0 Å². The van der Waals surface area contributed by atoms with Gasteiger partial charge in [0.2, 0.25) is 0 Å². The predicted octanol–water partition coefficient (Wildman–Crippen LogP) is 5.47. The number of pyridine rings is 1. The molecular formula is C29H31N5O3. The highest BCUT2D eigenvalue weighted by Crippen LogP contribution is 2.40. The van der Waals surface area contributed by atoms with Gasteiger partial charge in [-0.25, -0.2) is 4.98 Å². The fraction of sp³-hybridized carbons (Fsp3) is 0.345. The Labute approximate surface area is 225 Å². The van der Waals surface area contributed by atoms with Gasteiger partial charge in [0.05, 0.1) is 36.6 Å². The van der Waals surface area contributed by atoms with E-state index < -0.39 is 36.4 Å². The zero-order valence-corrected chi connectivity index (χ0v) is 20.6. The smallest absolute Gasteiger partial charge is 0.306 e. The number of carbonyl (C=O) groups is 2. The summed E-state index contributed by atoms with van der Waals surface area (Å²) < 4.78 is 63.6. The first-order chi connectivity index (χ1) is 20.8. The predicted molar refractivity (Wildman–Crippen MR) is 142 cm³/mol. The van der Waals surface area contributed by atoms with Gasteiger partial charge in [-0.05, 0) is 51.5 Å². The molecule has 37 heavy (non-hydrogen) atoms. The van der Waals surface area contributed by atoms with E-state index in [1.54, 1.807) is 19.1 Å². The summed E-state index contributed by atoms with van der Waals surface area (Å²) in [6.45, 7) is 3.19. The van der Waals surface area contributed by atoms with Crippen LogP contribution in [0.4, 0.5) is 5.82 Å². The lowest BCUT2D eigenvalue weighted by molar-refractivity contribution is -0.144. The van der Waals surface area contributed by atoms with E-state index in [2.05, 4.69) is 10.1 Å². The van der Waals surface area contributed by atoms with Crippen molar-refractivity contribution in [2.75, 3.05) is 12.3 Å². The molecule has 3 heterocycles. The number of hydrogen-bond acceptors (Lipinski definition) is 7. The average molecular weight is 505 g/mol. The molecule has 0 aliphatic heterocycles. The number of ether oxygens (including phenoxy) is 1. The lowest BCUT2D eigenvalue weighted by Gasteiger charge is -2.29. The Hall–Kier alpha value is -4.07. The van der Waals surface area contributed by atoms with Crippen molar-refractivity contribution in [3.63, 3.8) is 0 Å². The van der Waals surface area contributed by atoms with Gasteiger partial charge in [0.1, 0.15) is 5.82 Å². The molecule has 2 N–H and O–H groups in total. The third-order valence-corrected chi connectivity index (χ3v) is 6.52. The van der Waals surface area contributed by atoms with Crippen LogP contribution < -0.4 is 5.73 Å². The van der Waals surface area contributed by atoms with Crippen LogP contribution in [-0.2, 0) is 9.53 Å². The maximum absolute atomic E-state index is 12.8. The highest BCUT2D eigenvalue weighted by molar-refractivity contribution is 6.00. The third kappa shape index (κ3) is 4.96. The number of Topliss-reactive ketones (excluding diaryl/α,β-unsaturated/α-hetero) is 1. The van der Waals surface area contributed by atoms with Gasteiger partial charge in [0.15, 0.2) is 11.4 Å². The summed E-state index contributed by atoms with van der Waals surface area (Å²) in [5.41, 5.74) is 8.84. The molecule has 190 valence electrons. The highest BCUT2D eigenvalue weighted by atomic mass is 16.5. The van der Waals surface area contributed by atoms with Crippen molar-refractivity contribution in [1.29, 1.82) is 0 Å². The Balaban J connectivity index is 1.52. The van der Waals surface area contributed by atoms with Crippen LogP contribution >= 0.6 is 0 Å². The second-order valence-corrected chi connectivity index (χ2v) is 8.87. The van der Waals surface area contributed by atoms with E-state index >= 15 is 0 Å². The molecule has 0 bridgehead atoms. The molecule has 1 unspecified atom stereocenters. The Morgan fingerprint density at radius 1 is 1.16 bits per heavy atom. The van der Waals surface area contributed by atoms with Crippen molar-refractivity contribution in [2.45, 2.75) is 51.8 Å². The molecule has 1 atom stereocenters. The zero-order valence-electron chi connectivity index (χ0n) is 27.6. The van der Waals surface area contributed by atoms with Gasteiger partial charge in [-0.1, -0.05) is 36.3 Å². The van der Waals surface area contributed by atoms with E-state index in [0.29, 0.717) is 35.3 Å². The zero-order chi connectivity index (χ0) is 32.1. The van der Waals surface area contributed by atoms with Gasteiger partial charge in [0, 0.05) is 37.9 Å². The fourth-order valence-electron chi connectivity index (χ4n) is 4.73. The standard InChI is InChI=1S/C29H31N5O3/c1-3-37-25(36)15-19-9-11-21(12-10-19)27-26(18(2)35)28(30)34-29(33-27)23(17-32-34)22-13-14-24(31-16-22)20-7-5-4-6-8-20/h4-8,13-14,16-17,19,21H,3,9-12,15,30H2,1-2H3/i4D,5D,6D,7D,8D,15D,19D. The molecule has 8 heteroatoms. The molecule has 0 amide bonds. The second kappa shape index (κ2) is 10.5. The van der Waals surface area contributed by atoms with Crippen molar-refractivity contribution >= 4 is 23.2 Å². The van der Waals surface area contributed by atoms with Crippen LogP contribution in [0.1, 0.15) is 77.5 Å². The molecule has 0 spiro atoms. The summed E-state index contributed by atoms with van der Waals surface area (Å²) >= 11 is 0. The lowest BCUT2D eigenvalue weighted by atomic mass is 9.78. The fourth-order valence-corrected chi connectivity index (χ4v) is 4.73. The minimum atomic E-state index is -1.34. The summed E-state index contributed by atoms with van der Waals surface area (Å²) in [5.74, 6) is -2.46. The van der Waals surface area contributed by atoms with Crippen molar-refractivity contribution in [1.82, 2.24) is 19.6 Å². The van der Waals surface area contributed by atoms with E-state index in [1.807, 2.05) is 0 Å². The number of fused-ring (bicyclic) bond motifs is 1. The van der Waals surface area contributed by atoms with Gasteiger partial charge in [-0.2, -0.15) is 9.61 Å². The molecule has 1 aromatic carbocycles. The average Bonchev–Trinajstić information content (AvgIpc) is 3.44. The number of rotatable bonds is 7. The van der Waals surface area contributed by atoms with Crippen molar-refractivity contribution < 1.29 is 23.9 Å². The maximum atomic E-state index is 12.8. The summed E-state index contributed by atoms with van der Waals surface area (Å²) in [4.78, 5) is 34.2. The van der Waals surface area contributed by atoms with Crippen molar-refractivity contribution in [3.8, 4) is 22.4 Å². The Morgan fingerprint density at radius 2 is 1.92 bits per heavy atom. The number of benzene rings is 1. The molecule has 8 nitrogen and oxygen atoms in total. The number of aromatic nitrogens is 4. The molecule has 0 saturated heterocycles. The number of nitrogens with two attached hydrogens (primary N) is 1. The van der Waals surface area contributed by atoms with Crippen LogP contribution in [0.25, 0.3) is 28.0 Å². The minimum absolute atomic E-state index is 0.0150. The van der Waals surface area contributed by atoms with Gasteiger partial charge < -0.3 is 10.5 Å². The van der Waals surface area contributed by atoms with Crippen LogP contribution in [0.2, 0.25) is 0 Å². The number of carbonyl (C=O) groups excluding carboxylic acids is 2. The Morgan fingerprint density at radius 3 is 2.57 bits per heavy atom. The van der Waals surface area contributed by atoms with Crippen LogP contribution in [-0.4, -0.2) is 37.9 Å². The largest absolute Gasteiger partial charge is 0.466 e. The molecule has 1 aliphatic carbocycles. The molecule has 1 aliphatic rings. The molecule has 0 radical (unpaired) electrons. The van der Waals surface area contributed by atoms with E-state index in [1.165, 1.54) is 23.8 Å². The normalized spacial score (nSPS) is 23.1. The Bertz CT molecular complexity index is 1760. The van der Waals surface area contributed by atoms with E-state index in [0.717, 1.165) is 0 Å². The number of nitrogens with zero attached hydrogens (tertiary/aromatic N) is 4. The van der Waals surface area contributed by atoms with Gasteiger partial charge in [-0.3, -0.25) is 14.6 Å². The molecular weight excluding hydrogens is 466 g/mol. The first kappa shape index (κ1) is 17.4. The third-order valence-electron chi connectivity index (χ3n) is 6.52. The summed E-state index contributed by atoms with van der Waals surface area (Å²) in [7, 11) is 0. The summed E-state index contributed by atoms with van der Waals surface area (Å²) in [5, 5.41) is 4.36. The van der Waals surface area contributed by atoms with E-state index in [4.69, 9.17) is 25.0 Å². The van der Waals surface area contributed by atoms with Crippen LogP contribution in [0.5, 0.6) is 0 Å². The summed E-state index contributed by atoms with van der Waals surface area (Å²) in [6, 6.07) is 1.13.